The maximum Gasteiger partial charge on any atom is 0.257 e. The van der Waals surface area contributed by atoms with Crippen LogP contribution in [0, 0.1) is 17.0 Å². The zero-order valence-electron chi connectivity index (χ0n) is 7.23. The van der Waals surface area contributed by atoms with Gasteiger partial charge in [-0.3, -0.25) is 10.1 Å². The molecule has 0 saturated carbocycles. The van der Waals surface area contributed by atoms with Gasteiger partial charge in [-0.25, -0.2) is 0 Å². The number of nitrogens with zero attached hydrogens (tertiary/aromatic N) is 1. The summed E-state index contributed by atoms with van der Waals surface area (Å²) in [6.45, 7) is 1.94. The molecule has 4 nitrogen and oxygen atoms in total. The standard InChI is InChI=1S/C9H10N2O2/c1-7-2-4-8(5-3-7)9(10)6-11(12)13/h2-6H,10H2,1H3/b9-6+. The molecule has 0 fully saturated rings. The van der Waals surface area contributed by atoms with Gasteiger partial charge in [0.05, 0.1) is 4.92 Å². The maximum atomic E-state index is 10.1. The molecule has 0 amide bonds. The van der Waals surface area contributed by atoms with Crippen LogP contribution in [-0.4, -0.2) is 4.92 Å². The minimum absolute atomic E-state index is 0.171. The van der Waals surface area contributed by atoms with E-state index in [1.165, 1.54) is 0 Å². The summed E-state index contributed by atoms with van der Waals surface area (Å²) in [7, 11) is 0. The molecule has 1 rings (SSSR count). The lowest BCUT2D eigenvalue weighted by Gasteiger charge is -1.98. The fraction of sp³-hybridized carbons (Fsp3) is 0.111. The fourth-order valence-electron chi connectivity index (χ4n) is 0.934. The first-order valence-electron chi connectivity index (χ1n) is 3.77. The number of rotatable bonds is 2. The number of nitrogens with two attached hydrogens (primary N) is 1. The summed E-state index contributed by atoms with van der Waals surface area (Å²) < 4.78 is 0. The number of benzene rings is 1. The third kappa shape index (κ3) is 2.59. The van der Waals surface area contributed by atoms with Crippen molar-refractivity contribution in [2.24, 2.45) is 5.73 Å². The fourth-order valence-corrected chi connectivity index (χ4v) is 0.934. The molecular weight excluding hydrogens is 168 g/mol. The van der Waals surface area contributed by atoms with Crippen LogP contribution in [-0.2, 0) is 0 Å². The second-order valence-corrected chi connectivity index (χ2v) is 2.74. The molecule has 0 aliphatic heterocycles. The first-order valence-corrected chi connectivity index (χ1v) is 3.77. The van der Waals surface area contributed by atoms with Crippen molar-refractivity contribution in [2.45, 2.75) is 6.92 Å². The summed E-state index contributed by atoms with van der Waals surface area (Å²) in [6, 6.07) is 7.22. The van der Waals surface area contributed by atoms with Crippen LogP contribution in [0.5, 0.6) is 0 Å². The number of hydrogen-bond acceptors (Lipinski definition) is 3. The zero-order chi connectivity index (χ0) is 9.84. The molecule has 1 aromatic rings. The number of nitro groups is 1. The minimum Gasteiger partial charge on any atom is -0.393 e. The van der Waals surface area contributed by atoms with Crippen LogP contribution in [0.2, 0.25) is 0 Å². The van der Waals surface area contributed by atoms with Gasteiger partial charge in [0.25, 0.3) is 6.20 Å². The normalized spacial score (nSPS) is 11.3. The van der Waals surface area contributed by atoms with Crippen molar-refractivity contribution in [3.05, 3.63) is 51.7 Å². The summed E-state index contributed by atoms with van der Waals surface area (Å²) in [4.78, 5) is 9.54. The van der Waals surface area contributed by atoms with Gasteiger partial charge in [-0.1, -0.05) is 29.8 Å². The second-order valence-electron chi connectivity index (χ2n) is 2.74. The highest BCUT2D eigenvalue weighted by Crippen LogP contribution is 2.09. The highest BCUT2D eigenvalue weighted by molar-refractivity contribution is 5.61. The van der Waals surface area contributed by atoms with Crippen LogP contribution in [0.15, 0.2) is 30.5 Å². The van der Waals surface area contributed by atoms with Crippen LogP contribution >= 0.6 is 0 Å². The summed E-state index contributed by atoms with van der Waals surface area (Å²) >= 11 is 0. The predicted octanol–water partition coefficient (Wildman–Crippen LogP) is 1.53. The zero-order valence-corrected chi connectivity index (χ0v) is 7.23. The largest absolute Gasteiger partial charge is 0.393 e. The third-order valence-corrected chi connectivity index (χ3v) is 1.63. The van der Waals surface area contributed by atoms with E-state index in [0.29, 0.717) is 5.56 Å². The molecule has 2 N–H and O–H groups in total. The van der Waals surface area contributed by atoms with E-state index in [2.05, 4.69) is 0 Å². The Bertz CT molecular complexity index is 341. The molecule has 0 radical (unpaired) electrons. The first kappa shape index (κ1) is 9.25. The molecule has 0 aliphatic carbocycles. The van der Waals surface area contributed by atoms with Gasteiger partial charge < -0.3 is 5.73 Å². The SMILES string of the molecule is Cc1ccc(/C(N)=C\[N+](=O)[O-])cc1. The highest BCUT2D eigenvalue weighted by Gasteiger charge is 1.99. The molecule has 0 spiro atoms. The summed E-state index contributed by atoms with van der Waals surface area (Å²) in [6.07, 6.45) is 0.796. The molecule has 0 heterocycles. The Morgan fingerprint density at radius 2 is 2.00 bits per heavy atom. The Labute approximate surface area is 75.8 Å². The molecule has 1 aromatic carbocycles. The van der Waals surface area contributed by atoms with Crippen molar-refractivity contribution in [3.63, 3.8) is 0 Å². The molecule has 0 aliphatic rings. The molecule has 0 aromatic heterocycles. The highest BCUT2D eigenvalue weighted by atomic mass is 16.6. The summed E-state index contributed by atoms with van der Waals surface area (Å²) in [5, 5.41) is 10.1. The van der Waals surface area contributed by atoms with Crippen molar-refractivity contribution < 1.29 is 4.92 Å². The lowest BCUT2D eigenvalue weighted by Crippen LogP contribution is -1.99. The molecule has 13 heavy (non-hydrogen) atoms. The average molecular weight is 178 g/mol. The quantitative estimate of drug-likeness (QED) is 0.551. The lowest BCUT2D eigenvalue weighted by molar-refractivity contribution is -0.401. The predicted molar refractivity (Wildman–Crippen MR) is 50.3 cm³/mol. The topological polar surface area (TPSA) is 69.2 Å². The Morgan fingerprint density at radius 3 is 2.46 bits per heavy atom. The monoisotopic (exact) mass is 178 g/mol. The Kier molecular flexibility index (Phi) is 2.64. The molecule has 68 valence electrons. The second kappa shape index (κ2) is 3.71. The Hall–Kier alpha value is -1.84. The molecule has 0 atom stereocenters. The van der Waals surface area contributed by atoms with Gasteiger partial charge >= 0.3 is 0 Å². The van der Waals surface area contributed by atoms with E-state index in [0.717, 1.165) is 11.8 Å². The van der Waals surface area contributed by atoms with Gasteiger partial charge in [0.1, 0.15) is 5.70 Å². The van der Waals surface area contributed by atoms with E-state index in [-0.39, 0.29) is 5.70 Å². The smallest absolute Gasteiger partial charge is 0.257 e. The van der Waals surface area contributed by atoms with E-state index in [4.69, 9.17) is 5.73 Å². The third-order valence-electron chi connectivity index (χ3n) is 1.63. The summed E-state index contributed by atoms with van der Waals surface area (Å²) in [5.41, 5.74) is 7.40. The molecule has 4 heteroatoms. The maximum absolute atomic E-state index is 10.1. The molecule has 0 bridgehead atoms. The number of aryl methyl sites for hydroxylation is 1. The number of hydrogen-bond donors (Lipinski definition) is 1. The molecule has 0 saturated heterocycles. The minimum atomic E-state index is -0.560. The van der Waals surface area contributed by atoms with Gasteiger partial charge in [-0.05, 0) is 6.92 Å². The lowest BCUT2D eigenvalue weighted by atomic mass is 10.1. The first-order chi connectivity index (χ1) is 6.09. The van der Waals surface area contributed by atoms with Crippen molar-refractivity contribution in [3.8, 4) is 0 Å². The van der Waals surface area contributed by atoms with Gasteiger partial charge in [0.15, 0.2) is 0 Å². The van der Waals surface area contributed by atoms with Crippen LogP contribution in [0.25, 0.3) is 5.70 Å². The van der Waals surface area contributed by atoms with Crippen molar-refractivity contribution in [2.75, 3.05) is 0 Å². The van der Waals surface area contributed by atoms with E-state index in [9.17, 15) is 10.1 Å². The van der Waals surface area contributed by atoms with Crippen molar-refractivity contribution in [1.82, 2.24) is 0 Å². The van der Waals surface area contributed by atoms with E-state index >= 15 is 0 Å². The van der Waals surface area contributed by atoms with Gasteiger partial charge in [0, 0.05) is 5.56 Å². The van der Waals surface area contributed by atoms with Crippen LogP contribution in [0.1, 0.15) is 11.1 Å². The molecular formula is C9H10N2O2. The van der Waals surface area contributed by atoms with E-state index < -0.39 is 4.92 Å². The Morgan fingerprint density at radius 1 is 1.46 bits per heavy atom. The molecule has 0 unspecified atom stereocenters. The van der Waals surface area contributed by atoms with Gasteiger partial charge in [-0.15, -0.1) is 0 Å². The van der Waals surface area contributed by atoms with Crippen LogP contribution < -0.4 is 5.73 Å². The van der Waals surface area contributed by atoms with Gasteiger partial charge in [0.2, 0.25) is 0 Å². The van der Waals surface area contributed by atoms with E-state index in [1.807, 2.05) is 19.1 Å². The van der Waals surface area contributed by atoms with E-state index in [1.54, 1.807) is 12.1 Å². The average Bonchev–Trinajstić information content (AvgIpc) is 2.04. The van der Waals surface area contributed by atoms with Crippen molar-refractivity contribution >= 4 is 5.70 Å². The Balaban J connectivity index is 2.96. The van der Waals surface area contributed by atoms with Crippen molar-refractivity contribution in [1.29, 1.82) is 0 Å². The van der Waals surface area contributed by atoms with Crippen LogP contribution in [0.4, 0.5) is 0 Å². The summed E-state index contributed by atoms with van der Waals surface area (Å²) in [5.74, 6) is 0. The van der Waals surface area contributed by atoms with Crippen LogP contribution in [0.3, 0.4) is 0 Å². The van der Waals surface area contributed by atoms with Gasteiger partial charge in [-0.2, -0.15) is 0 Å².